The third kappa shape index (κ3) is 22.9. The van der Waals surface area contributed by atoms with Crippen molar-refractivity contribution in [1.29, 1.82) is 0 Å². The van der Waals surface area contributed by atoms with Gasteiger partial charge in [0.15, 0.2) is 56.6 Å². The lowest BCUT2D eigenvalue weighted by molar-refractivity contribution is -0.394. The van der Waals surface area contributed by atoms with Crippen LogP contribution in [0.1, 0.15) is 41.0 Å². The lowest BCUT2D eigenvalue weighted by Gasteiger charge is -2.51. The first kappa shape index (κ1) is 106. The molecule has 10 fully saturated rings. The van der Waals surface area contributed by atoms with Gasteiger partial charge in [0.2, 0.25) is 23.6 Å². The van der Waals surface area contributed by atoms with E-state index >= 15 is 0 Å². The number of carbonyl (C=O) groups excluding carboxylic acids is 4. The highest BCUT2D eigenvalue weighted by molar-refractivity contribution is 5.77. The summed E-state index contributed by atoms with van der Waals surface area (Å²) in [6, 6.07) is -7.94. The largest absolute Gasteiger partial charge is 0.477 e. The van der Waals surface area contributed by atoms with Crippen LogP contribution in [0.5, 0.6) is 0 Å². The first-order valence-electron chi connectivity index (χ1n) is 40.6. The highest BCUT2D eigenvalue weighted by atomic mass is 16.8. The van der Waals surface area contributed by atoms with E-state index in [1.54, 1.807) is 0 Å². The number of amides is 4. The smallest absolute Gasteiger partial charge is 0.364 e. The second kappa shape index (κ2) is 45.4. The van der Waals surface area contributed by atoms with E-state index in [4.69, 9.17) is 90.0 Å². The molecule has 33 N–H and O–H groups in total. The molecule has 0 radical (unpaired) electrons. The molecule has 57 heteroatoms. The van der Waals surface area contributed by atoms with Crippen LogP contribution in [0.3, 0.4) is 0 Å². The normalized spacial score (nSPS) is 48.4. The Balaban J connectivity index is 0.959. The summed E-state index contributed by atoms with van der Waals surface area (Å²) in [4.78, 5) is 65.3. The molecular weight excluding hydrogens is 1760 g/mol. The number of carboxylic acids is 1. The lowest BCUT2D eigenvalue weighted by atomic mass is 9.88. The van der Waals surface area contributed by atoms with Gasteiger partial charge in [-0.2, -0.15) is 0 Å². The van der Waals surface area contributed by atoms with Gasteiger partial charge in [-0.3, -0.25) is 19.2 Å². The highest BCUT2D eigenvalue weighted by Gasteiger charge is 2.64. The molecule has 740 valence electrons. The molecule has 51 atom stereocenters. The van der Waals surface area contributed by atoms with Crippen LogP contribution < -0.4 is 21.3 Å². The number of carboxylic acid groups (broad SMARTS) is 1. The van der Waals surface area contributed by atoms with Gasteiger partial charge in [-0.25, -0.2) is 4.79 Å². The van der Waals surface area contributed by atoms with Crippen molar-refractivity contribution in [1.82, 2.24) is 21.3 Å². The van der Waals surface area contributed by atoms with Gasteiger partial charge in [-0.15, -0.1) is 0 Å². The molecule has 10 aliphatic heterocycles. The second-order valence-corrected chi connectivity index (χ2v) is 32.4. The van der Waals surface area contributed by atoms with Crippen LogP contribution in [-0.2, 0) is 114 Å². The monoisotopic (exact) mass is 1870 g/mol. The van der Waals surface area contributed by atoms with Crippen molar-refractivity contribution in [3.63, 3.8) is 0 Å². The first-order chi connectivity index (χ1) is 60.4. The number of aliphatic hydroxyl groups is 28. The number of ether oxygens (including phenoxy) is 19. The van der Waals surface area contributed by atoms with E-state index in [0.29, 0.717) is 0 Å². The molecule has 0 spiro atoms. The molecule has 0 aromatic rings. The minimum Gasteiger partial charge on any atom is -0.477 e. The molecule has 0 unspecified atom stereocenters. The molecule has 10 heterocycles. The Hall–Kier alpha value is -4.53. The SMILES string of the molecule is CC(=O)N[C@H]1[C@H](O[C@H]2[C@@H](O)[C@@H](CO)O[C@@H](O[C@H]3[C@H](O)[C@@H](O)[C@H](O)O[C@@H]3CO)[C@@H]2O)O[C@H](CO)[C@@H](O[C@@H]2O[C@H](CO[C@@H]3O[C@H](CO)[C@@H](O[C@@H]4O[C@H](CO)[C@H](O)[C@H](O)[C@H]4O[C@@H]4O[C@@H](C)[C@@H](O)[C@@H](O)[C@@H]4O)[C@H](O)[C@H]3NC(C)=O)[C@H](O)[C@H](O[C@@H]3O[C@H](CO)[C@@H](O[C@@H]4O[C@H](CO)[C@H](O)[C@H](O[C@]5(C(=O)O)C[C@H](O)[C@@H](NC(C)=O)[C@H]([C@H](O)[C@H](O)CO)O5)[C@H]4O)[C@H](O)[C@H]3NC(C)=O)[C@H]2O)[C@@H]1O. The zero-order valence-electron chi connectivity index (χ0n) is 68.7. The summed E-state index contributed by atoms with van der Waals surface area (Å²) in [7, 11) is 0. The summed E-state index contributed by atoms with van der Waals surface area (Å²) in [5, 5.41) is 332. The average Bonchev–Trinajstić information content (AvgIpc) is 0.777. The number of carbonyl (C=O) groups is 5. The number of nitrogens with one attached hydrogen (secondary N) is 4. The number of rotatable bonds is 34. The number of hydrogen-bond donors (Lipinski definition) is 33. The molecule has 10 saturated heterocycles. The van der Waals surface area contributed by atoms with Crippen LogP contribution >= 0.6 is 0 Å². The van der Waals surface area contributed by atoms with E-state index in [1.807, 2.05) is 0 Å². The van der Waals surface area contributed by atoms with Gasteiger partial charge in [0.1, 0.15) is 232 Å². The predicted octanol–water partition coefficient (Wildman–Crippen LogP) is -22.0. The molecule has 57 nitrogen and oxygen atoms in total. The Morgan fingerprint density at radius 1 is 0.336 bits per heavy atom. The van der Waals surface area contributed by atoms with Crippen molar-refractivity contribution in [2.45, 2.75) is 353 Å². The van der Waals surface area contributed by atoms with Crippen LogP contribution in [0.2, 0.25) is 0 Å². The van der Waals surface area contributed by atoms with Crippen molar-refractivity contribution >= 4 is 29.6 Å². The number of hydrogen-bond acceptors (Lipinski definition) is 52. The lowest BCUT2D eigenvalue weighted by Crippen LogP contribution is -2.71. The Kier molecular flexibility index (Phi) is 37.4. The zero-order valence-corrected chi connectivity index (χ0v) is 68.7. The minimum atomic E-state index is -3.33. The summed E-state index contributed by atoms with van der Waals surface area (Å²) < 4.78 is 112. The van der Waals surface area contributed by atoms with Crippen LogP contribution in [0.15, 0.2) is 0 Å². The Morgan fingerprint density at radius 2 is 0.672 bits per heavy atom. The van der Waals surface area contributed by atoms with Gasteiger partial charge >= 0.3 is 5.97 Å². The molecule has 0 bridgehead atoms. The molecular formula is C71H118N4O53. The fraction of sp³-hybridized carbons (Fsp3) is 0.930. The minimum absolute atomic E-state index is 0.856. The second-order valence-electron chi connectivity index (χ2n) is 32.4. The summed E-state index contributed by atoms with van der Waals surface area (Å²) in [6.07, 6.45) is -99.6. The summed E-state index contributed by atoms with van der Waals surface area (Å²) >= 11 is 0. The van der Waals surface area contributed by atoms with Crippen molar-refractivity contribution in [2.75, 3.05) is 59.5 Å². The summed E-state index contributed by atoms with van der Waals surface area (Å²) in [5.41, 5.74) is 0. The number of aliphatic carboxylic acids is 1. The maximum atomic E-state index is 13.3. The maximum Gasteiger partial charge on any atom is 0.364 e. The van der Waals surface area contributed by atoms with Crippen molar-refractivity contribution in [3.05, 3.63) is 0 Å². The van der Waals surface area contributed by atoms with Crippen LogP contribution in [0.4, 0.5) is 0 Å². The Morgan fingerprint density at radius 3 is 1.11 bits per heavy atom. The molecule has 0 aromatic carbocycles. The molecule has 0 aliphatic carbocycles. The molecule has 0 aromatic heterocycles. The predicted molar refractivity (Wildman–Crippen MR) is 392 cm³/mol. The summed E-state index contributed by atoms with van der Waals surface area (Å²) in [6.45, 7) is -5.75. The third-order valence-corrected chi connectivity index (χ3v) is 23.4. The van der Waals surface area contributed by atoms with Crippen molar-refractivity contribution < 1.29 is 262 Å². The molecule has 10 rings (SSSR count). The van der Waals surface area contributed by atoms with Crippen LogP contribution in [0.25, 0.3) is 0 Å². The van der Waals surface area contributed by atoms with Gasteiger partial charge in [0.25, 0.3) is 5.79 Å². The van der Waals surface area contributed by atoms with Gasteiger partial charge in [0, 0.05) is 34.1 Å². The first-order valence-corrected chi connectivity index (χ1v) is 40.6. The Bertz CT molecular complexity index is 3530. The van der Waals surface area contributed by atoms with E-state index in [2.05, 4.69) is 21.3 Å². The topological polar surface area (TPSA) is 896 Å². The van der Waals surface area contributed by atoms with Crippen LogP contribution in [-0.4, -0.2) is 550 Å². The standard InChI is InChI=1S/C71H118N4O53/c1-16-35(90)44(99)48(103)65(111-16)126-60-45(100)37(92)23(8-77)115-69(60)123-54-27(12-81)116-62(32(41(54)96)73-18(3)85)110-15-30-40(95)58(50(105)67(119-30)120-52-28(13-82)117-63(33(42(52)97)74-19(4)86)124-57-38(93)24(9-78)113-66(49(57)104)122-55-26(11-80)112-61(107)47(102)46(55)101)125-64-34(75-20(5)87)43(98)53(29(14-83)118-64)121-68-51(106)59(39(94)25(10-79)114-68)128-71(70(108)109)6-21(88)31(72-17(2)84)56(127-71)36(91)22(89)7-76/h16,21-69,76-83,88-107H,6-15H2,1-5H3,(H,72,84)(H,73,85)(H,74,86)(H,75,87)(H,108,109)/t16-,21-,22+,23+,24+,25+,26+,27+,28+,29+,30+,31+,32+,33+,34+,35+,36+,37-,38-,39-,40-,41+,42+,43+,44+,45-,46+,47+,48-,49+,50+,51+,52+,53+,54+,55+,56+,57-,58-,59-,60+,61+,62+,63-,64-,65-,66-,67-,68-,69-,71-/m0/s1. The molecule has 0 saturated carbocycles. The molecule has 10 aliphatic rings. The fourth-order valence-corrected chi connectivity index (χ4v) is 16.6. The van der Waals surface area contributed by atoms with Gasteiger partial charge in [-0.05, 0) is 6.92 Å². The Labute approximate surface area is 723 Å². The van der Waals surface area contributed by atoms with E-state index in [-0.39, 0.29) is 0 Å². The maximum absolute atomic E-state index is 13.3. The quantitative estimate of drug-likeness (QED) is 0.0284. The number of aliphatic hydroxyl groups excluding tert-OH is 28. The summed E-state index contributed by atoms with van der Waals surface area (Å²) in [5.74, 6) is -9.47. The van der Waals surface area contributed by atoms with Gasteiger partial charge < -0.3 is 259 Å². The van der Waals surface area contributed by atoms with Crippen LogP contribution in [0, 0.1) is 0 Å². The molecule has 4 amide bonds. The van der Waals surface area contributed by atoms with Crippen molar-refractivity contribution in [3.8, 4) is 0 Å². The third-order valence-electron chi connectivity index (χ3n) is 23.4. The van der Waals surface area contributed by atoms with E-state index in [9.17, 15) is 172 Å². The molecule has 128 heavy (non-hydrogen) atoms. The van der Waals surface area contributed by atoms with Gasteiger partial charge in [0.05, 0.1) is 77.7 Å². The van der Waals surface area contributed by atoms with E-state index in [0.717, 1.165) is 27.7 Å². The van der Waals surface area contributed by atoms with Gasteiger partial charge in [-0.1, -0.05) is 0 Å². The zero-order chi connectivity index (χ0) is 94.6. The van der Waals surface area contributed by atoms with E-state index in [1.165, 1.54) is 6.92 Å². The highest BCUT2D eigenvalue weighted by Crippen LogP contribution is 2.43. The average molecular weight is 1880 g/mol. The van der Waals surface area contributed by atoms with Crippen molar-refractivity contribution in [2.24, 2.45) is 0 Å². The fourth-order valence-electron chi connectivity index (χ4n) is 16.6. The van der Waals surface area contributed by atoms with E-state index < -0.39 is 408 Å².